The largest absolute Gasteiger partial charge is 0.505 e. The summed E-state index contributed by atoms with van der Waals surface area (Å²) < 4.78 is 14.4. The van der Waals surface area contributed by atoms with Gasteiger partial charge in [0.25, 0.3) is 0 Å². The first-order chi connectivity index (χ1) is 9.99. The first-order valence-corrected chi connectivity index (χ1v) is 6.39. The Labute approximate surface area is 123 Å². The minimum atomic E-state index is -1.29. The van der Waals surface area contributed by atoms with Crippen molar-refractivity contribution in [1.29, 1.82) is 0 Å². The van der Waals surface area contributed by atoms with Gasteiger partial charge in [-0.1, -0.05) is 11.6 Å². The van der Waals surface area contributed by atoms with Crippen LogP contribution in [0, 0.1) is 5.82 Å². The molecule has 2 N–H and O–H groups in total. The molecule has 0 atom stereocenters. The fraction of sp³-hybridized carbons (Fsp3) is 0. The zero-order chi connectivity index (χ0) is 15.1. The number of halogens is 2. The van der Waals surface area contributed by atoms with E-state index in [0.29, 0.717) is 21.6 Å². The quantitative estimate of drug-likeness (QED) is 0.756. The molecular weight excluding hydrogens is 297 g/mol. The zero-order valence-corrected chi connectivity index (χ0v) is 11.3. The fourth-order valence-corrected chi connectivity index (χ4v) is 2.47. The molecule has 3 rings (SSSR count). The molecule has 0 saturated heterocycles. The number of carbonyl (C=O) groups is 1. The Morgan fingerprint density at radius 1 is 1.14 bits per heavy atom. The van der Waals surface area contributed by atoms with E-state index in [9.17, 15) is 19.4 Å². The third kappa shape index (κ3) is 2.11. The third-order valence-corrected chi connectivity index (χ3v) is 3.43. The smallest absolute Gasteiger partial charge is 0.356 e. The highest BCUT2D eigenvalue weighted by Gasteiger charge is 2.23. The molecule has 1 heterocycles. The number of aromatic hydroxyl groups is 1. The van der Waals surface area contributed by atoms with Crippen LogP contribution in [-0.4, -0.2) is 20.7 Å². The molecule has 0 aliphatic rings. The van der Waals surface area contributed by atoms with E-state index >= 15 is 0 Å². The van der Waals surface area contributed by atoms with Crippen LogP contribution in [0.25, 0.3) is 16.6 Å². The van der Waals surface area contributed by atoms with Gasteiger partial charge in [-0.2, -0.15) is 0 Å². The fourth-order valence-electron chi connectivity index (χ4n) is 2.30. The standard InChI is InChI=1S/C15H9ClFNO3/c16-8-1-6-12-11(7-8)14(19)13(15(20)21)18(12)10-4-2-9(17)3-5-10/h1-7,19H,(H,20,21). The first kappa shape index (κ1) is 13.5. The highest BCUT2D eigenvalue weighted by atomic mass is 35.5. The van der Waals surface area contributed by atoms with Gasteiger partial charge in [0, 0.05) is 16.1 Å². The van der Waals surface area contributed by atoms with Gasteiger partial charge in [-0.15, -0.1) is 0 Å². The molecule has 0 spiro atoms. The van der Waals surface area contributed by atoms with Crippen LogP contribution < -0.4 is 0 Å². The van der Waals surface area contributed by atoms with E-state index in [4.69, 9.17) is 11.6 Å². The SMILES string of the molecule is O=C(O)c1c(O)c2cc(Cl)ccc2n1-c1ccc(F)cc1. The highest BCUT2D eigenvalue weighted by Crippen LogP contribution is 2.36. The Kier molecular flexibility index (Phi) is 3.07. The predicted molar refractivity (Wildman–Crippen MR) is 76.9 cm³/mol. The number of hydrogen-bond acceptors (Lipinski definition) is 2. The van der Waals surface area contributed by atoms with Crippen LogP contribution in [0.2, 0.25) is 5.02 Å². The Morgan fingerprint density at radius 2 is 1.81 bits per heavy atom. The Morgan fingerprint density at radius 3 is 2.43 bits per heavy atom. The van der Waals surface area contributed by atoms with Crippen molar-refractivity contribution >= 4 is 28.5 Å². The molecule has 21 heavy (non-hydrogen) atoms. The number of benzene rings is 2. The maximum Gasteiger partial charge on any atom is 0.356 e. The number of rotatable bonds is 2. The molecule has 1 aromatic heterocycles. The summed E-state index contributed by atoms with van der Waals surface area (Å²) in [5.74, 6) is -2.09. The minimum absolute atomic E-state index is 0.293. The van der Waals surface area contributed by atoms with E-state index in [1.54, 1.807) is 12.1 Å². The molecule has 0 unspecified atom stereocenters. The lowest BCUT2D eigenvalue weighted by Gasteiger charge is -2.08. The van der Waals surface area contributed by atoms with Crippen LogP contribution in [0.1, 0.15) is 10.5 Å². The molecule has 0 aliphatic carbocycles. The van der Waals surface area contributed by atoms with Crippen molar-refractivity contribution in [2.75, 3.05) is 0 Å². The van der Waals surface area contributed by atoms with E-state index in [-0.39, 0.29) is 11.4 Å². The van der Waals surface area contributed by atoms with Crippen molar-refractivity contribution in [3.8, 4) is 11.4 Å². The van der Waals surface area contributed by atoms with Crippen LogP contribution >= 0.6 is 11.6 Å². The van der Waals surface area contributed by atoms with Gasteiger partial charge >= 0.3 is 5.97 Å². The average Bonchev–Trinajstić information content (AvgIpc) is 2.73. The molecule has 106 valence electrons. The molecule has 0 aliphatic heterocycles. The summed E-state index contributed by atoms with van der Waals surface area (Å²) in [5.41, 5.74) is 0.612. The summed E-state index contributed by atoms with van der Waals surface area (Å²) in [4.78, 5) is 11.4. The molecule has 0 saturated carbocycles. The van der Waals surface area contributed by atoms with Gasteiger partial charge in [-0.25, -0.2) is 9.18 Å². The predicted octanol–water partition coefficient (Wildman–Crippen LogP) is 3.83. The molecule has 0 radical (unpaired) electrons. The first-order valence-electron chi connectivity index (χ1n) is 6.01. The van der Waals surface area contributed by atoms with E-state index < -0.39 is 11.8 Å². The zero-order valence-electron chi connectivity index (χ0n) is 10.5. The van der Waals surface area contributed by atoms with Crippen molar-refractivity contribution in [3.05, 3.63) is 59.0 Å². The number of fused-ring (bicyclic) bond motifs is 1. The van der Waals surface area contributed by atoms with Crippen LogP contribution in [0.3, 0.4) is 0 Å². The maximum absolute atomic E-state index is 13.0. The Hall–Kier alpha value is -2.53. The average molecular weight is 306 g/mol. The lowest BCUT2D eigenvalue weighted by Crippen LogP contribution is -2.06. The van der Waals surface area contributed by atoms with Crippen LogP contribution in [0.5, 0.6) is 5.75 Å². The topological polar surface area (TPSA) is 62.5 Å². The number of carboxylic acid groups (broad SMARTS) is 1. The summed E-state index contributed by atoms with van der Waals surface area (Å²) in [7, 11) is 0. The van der Waals surface area contributed by atoms with Crippen molar-refractivity contribution < 1.29 is 19.4 Å². The lowest BCUT2D eigenvalue weighted by atomic mass is 10.2. The van der Waals surface area contributed by atoms with Gasteiger partial charge in [0.1, 0.15) is 5.82 Å². The molecule has 0 amide bonds. The number of aromatic carboxylic acids is 1. The van der Waals surface area contributed by atoms with Crippen LogP contribution in [-0.2, 0) is 0 Å². The molecule has 6 heteroatoms. The van der Waals surface area contributed by atoms with E-state index in [1.807, 2.05) is 0 Å². The second kappa shape index (κ2) is 4.79. The van der Waals surface area contributed by atoms with Crippen molar-refractivity contribution in [2.45, 2.75) is 0 Å². The third-order valence-electron chi connectivity index (χ3n) is 3.19. The molecular formula is C15H9ClFNO3. The lowest BCUT2D eigenvalue weighted by molar-refractivity contribution is 0.0685. The summed E-state index contributed by atoms with van der Waals surface area (Å²) in [6.45, 7) is 0. The minimum Gasteiger partial charge on any atom is -0.505 e. The number of carboxylic acids is 1. The summed E-state index contributed by atoms with van der Waals surface area (Å²) in [6.07, 6.45) is 0. The van der Waals surface area contributed by atoms with Crippen LogP contribution in [0.15, 0.2) is 42.5 Å². The van der Waals surface area contributed by atoms with Gasteiger partial charge < -0.3 is 14.8 Å². The van der Waals surface area contributed by atoms with E-state index in [1.165, 1.54) is 34.9 Å². The van der Waals surface area contributed by atoms with Gasteiger partial charge in [-0.05, 0) is 42.5 Å². The number of hydrogen-bond donors (Lipinski definition) is 2. The normalized spacial score (nSPS) is 11.0. The van der Waals surface area contributed by atoms with Crippen molar-refractivity contribution in [3.63, 3.8) is 0 Å². The molecule has 0 bridgehead atoms. The second-order valence-corrected chi connectivity index (χ2v) is 4.91. The molecule has 0 fully saturated rings. The highest BCUT2D eigenvalue weighted by molar-refractivity contribution is 6.31. The van der Waals surface area contributed by atoms with Crippen LogP contribution in [0.4, 0.5) is 4.39 Å². The molecule has 4 nitrogen and oxygen atoms in total. The maximum atomic E-state index is 13.0. The number of nitrogens with zero attached hydrogens (tertiary/aromatic N) is 1. The summed E-state index contributed by atoms with van der Waals surface area (Å²) in [5, 5.41) is 20.2. The van der Waals surface area contributed by atoms with Gasteiger partial charge in [0.15, 0.2) is 11.4 Å². The Balaban J connectivity index is 2.42. The number of aromatic nitrogens is 1. The summed E-state index contributed by atoms with van der Waals surface area (Å²) >= 11 is 5.88. The van der Waals surface area contributed by atoms with Gasteiger partial charge in [0.05, 0.1) is 5.52 Å². The van der Waals surface area contributed by atoms with Gasteiger partial charge in [-0.3, -0.25) is 0 Å². The van der Waals surface area contributed by atoms with E-state index in [0.717, 1.165) is 0 Å². The Bertz CT molecular complexity index is 855. The van der Waals surface area contributed by atoms with Gasteiger partial charge in [0.2, 0.25) is 0 Å². The summed E-state index contributed by atoms with van der Waals surface area (Å²) in [6, 6.07) is 10.0. The van der Waals surface area contributed by atoms with E-state index in [2.05, 4.69) is 0 Å². The van der Waals surface area contributed by atoms with Crippen molar-refractivity contribution in [1.82, 2.24) is 4.57 Å². The molecule has 3 aromatic rings. The molecule has 2 aromatic carbocycles. The monoisotopic (exact) mass is 305 g/mol. The second-order valence-electron chi connectivity index (χ2n) is 4.48. The van der Waals surface area contributed by atoms with Crippen molar-refractivity contribution in [2.24, 2.45) is 0 Å².